The minimum Gasteiger partial charge on any atom is -0.481 e. The molecule has 6 nitrogen and oxygen atoms in total. The highest BCUT2D eigenvalue weighted by atomic mass is 16.4. The summed E-state index contributed by atoms with van der Waals surface area (Å²) in [6, 6.07) is 4.94. The van der Waals surface area contributed by atoms with Gasteiger partial charge in [-0.05, 0) is 18.6 Å². The molecule has 1 atom stereocenters. The Morgan fingerprint density at radius 2 is 2.22 bits per heavy atom. The van der Waals surface area contributed by atoms with E-state index in [0.717, 1.165) is 0 Å². The lowest BCUT2D eigenvalue weighted by Crippen LogP contribution is -2.39. The van der Waals surface area contributed by atoms with Crippen molar-refractivity contribution in [3.63, 3.8) is 0 Å². The molecule has 0 aromatic carbocycles. The van der Waals surface area contributed by atoms with Gasteiger partial charge < -0.3 is 5.11 Å². The highest BCUT2D eigenvalue weighted by molar-refractivity contribution is 6.00. The molecule has 1 unspecified atom stereocenters. The molecule has 1 aromatic rings. The quantitative estimate of drug-likeness (QED) is 0.746. The first-order chi connectivity index (χ1) is 8.56. The number of rotatable bonds is 3. The average molecular weight is 248 g/mol. The van der Waals surface area contributed by atoms with Crippen LogP contribution >= 0.6 is 0 Å². The number of nitrogens with one attached hydrogen (secondary N) is 1. The molecule has 2 N–H and O–H groups in total. The van der Waals surface area contributed by atoms with E-state index in [4.69, 9.17) is 5.11 Å². The molecule has 1 fully saturated rings. The van der Waals surface area contributed by atoms with Gasteiger partial charge >= 0.3 is 5.97 Å². The fraction of sp³-hybridized carbons (Fsp3) is 0.333. The summed E-state index contributed by atoms with van der Waals surface area (Å²) in [5.41, 5.74) is 0.920. The minimum absolute atomic E-state index is 0.179. The fourth-order valence-corrected chi connectivity index (χ4v) is 1.92. The number of imide groups is 1. The fourth-order valence-electron chi connectivity index (χ4n) is 1.92. The molecule has 1 saturated heterocycles. The van der Waals surface area contributed by atoms with Crippen LogP contribution in [0.1, 0.15) is 30.1 Å². The third-order valence-corrected chi connectivity index (χ3v) is 2.76. The summed E-state index contributed by atoms with van der Waals surface area (Å²) in [5.74, 6) is -2.09. The maximum Gasteiger partial charge on any atom is 0.309 e. The van der Waals surface area contributed by atoms with Crippen molar-refractivity contribution in [1.29, 1.82) is 0 Å². The van der Waals surface area contributed by atoms with Crippen LogP contribution < -0.4 is 5.32 Å². The molecule has 0 saturated carbocycles. The normalized spacial score (nSPS) is 19.4. The van der Waals surface area contributed by atoms with Crippen molar-refractivity contribution >= 4 is 17.8 Å². The number of nitrogens with zero attached hydrogens (tertiary/aromatic N) is 1. The molecule has 94 valence electrons. The minimum atomic E-state index is -0.970. The van der Waals surface area contributed by atoms with Crippen molar-refractivity contribution in [1.82, 2.24) is 10.3 Å². The van der Waals surface area contributed by atoms with E-state index in [9.17, 15) is 14.4 Å². The Kier molecular flexibility index (Phi) is 3.36. The van der Waals surface area contributed by atoms with E-state index in [0.29, 0.717) is 17.8 Å². The van der Waals surface area contributed by atoms with E-state index in [1.165, 1.54) is 0 Å². The first-order valence-corrected chi connectivity index (χ1v) is 5.57. The first kappa shape index (κ1) is 12.2. The van der Waals surface area contributed by atoms with Crippen molar-refractivity contribution in [2.75, 3.05) is 0 Å². The van der Waals surface area contributed by atoms with Gasteiger partial charge in [0.25, 0.3) is 0 Å². The summed E-state index contributed by atoms with van der Waals surface area (Å²) in [4.78, 5) is 37.4. The van der Waals surface area contributed by atoms with Gasteiger partial charge in [-0.2, -0.15) is 0 Å². The third-order valence-electron chi connectivity index (χ3n) is 2.76. The van der Waals surface area contributed by atoms with E-state index in [2.05, 4.69) is 10.3 Å². The SMILES string of the molecule is O=C(O)Cc1cccc(C2CCC(=O)NC2=O)n1. The van der Waals surface area contributed by atoms with Crippen LogP contribution in [0.4, 0.5) is 0 Å². The molecule has 0 bridgehead atoms. The molecule has 2 heterocycles. The molecule has 1 aliphatic rings. The number of aliphatic carboxylic acids is 1. The lowest BCUT2D eigenvalue weighted by molar-refractivity contribution is -0.136. The second kappa shape index (κ2) is 4.95. The number of carboxylic acids is 1. The molecule has 18 heavy (non-hydrogen) atoms. The van der Waals surface area contributed by atoms with Gasteiger partial charge in [-0.25, -0.2) is 0 Å². The van der Waals surface area contributed by atoms with Crippen molar-refractivity contribution < 1.29 is 19.5 Å². The van der Waals surface area contributed by atoms with Crippen molar-refractivity contribution in [2.24, 2.45) is 0 Å². The van der Waals surface area contributed by atoms with Gasteiger partial charge in [0, 0.05) is 6.42 Å². The van der Waals surface area contributed by atoms with E-state index in [-0.39, 0.29) is 24.7 Å². The Balaban J connectivity index is 2.20. The monoisotopic (exact) mass is 248 g/mol. The number of aromatic nitrogens is 1. The van der Waals surface area contributed by atoms with Gasteiger partial charge in [0.15, 0.2) is 0 Å². The van der Waals surface area contributed by atoms with E-state index in [1.807, 2.05) is 0 Å². The standard InChI is InChI=1S/C12H12N2O4/c15-10-5-4-8(12(18)14-10)9-3-1-2-7(13-9)6-11(16)17/h1-3,8H,4-6H2,(H,16,17)(H,14,15,18). The average Bonchev–Trinajstić information content (AvgIpc) is 2.28. The van der Waals surface area contributed by atoms with Crippen molar-refractivity contribution in [3.8, 4) is 0 Å². The Labute approximate surface area is 103 Å². The number of amides is 2. The Bertz CT molecular complexity index is 513. The van der Waals surface area contributed by atoms with Crippen LogP contribution in [0.5, 0.6) is 0 Å². The molecule has 2 amide bonds. The number of carbonyl (C=O) groups is 3. The number of hydrogen-bond acceptors (Lipinski definition) is 4. The molecular weight excluding hydrogens is 236 g/mol. The summed E-state index contributed by atoms with van der Waals surface area (Å²) < 4.78 is 0. The Morgan fingerprint density at radius 3 is 2.89 bits per heavy atom. The second-order valence-electron chi connectivity index (χ2n) is 4.13. The molecule has 0 spiro atoms. The van der Waals surface area contributed by atoms with Crippen LogP contribution in [0.2, 0.25) is 0 Å². The second-order valence-corrected chi connectivity index (χ2v) is 4.13. The van der Waals surface area contributed by atoms with Crippen LogP contribution in [0.25, 0.3) is 0 Å². The molecule has 1 aromatic heterocycles. The zero-order chi connectivity index (χ0) is 13.1. The molecule has 6 heteroatoms. The van der Waals surface area contributed by atoms with Gasteiger partial charge in [0.2, 0.25) is 11.8 Å². The summed E-state index contributed by atoms with van der Waals surface area (Å²) >= 11 is 0. The number of piperidine rings is 1. The van der Waals surface area contributed by atoms with Crippen LogP contribution in [-0.2, 0) is 20.8 Å². The topological polar surface area (TPSA) is 96.4 Å². The highest BCUT2D eigenvalue weighted by Crippen LogP contribution is 2.23. The molecule has 1 aliphatic heterocycles. The van der Waals surface area contributed by atoms with Crippen molar-refractivity contribution in [2.45, 2.75) is 25.2 Å². The highest BCUT2D eigenvalue weighted by Gasteiger charge is 2.28. The van der Waals surface area contributed by atoms with Crippen LogP contribution in [-0.4, -0.2) is 27.9 Å². The number of pyridine rings is 1. The smallest absolute Gasteiger partial charge is 0.309 e. The van der Waals surface area contributed by atoms with Gasteiger partial charge in [-0.15, -0.1) is 0 Å². The molecule has 0 radical (unpaired) electrons. The zero-order valence-electron chi connectivity index (χ0n) is 9.55. The number of carbonyl (C=O) groups excluding carboxylic acids is 2. The van der Waals surface area contributed by atoms with Gasteiger partial charge in [0.05, 0.1) is 23.7 Å². The Morgan fingerprint density at radius 1 is 1.44 bits per heavy atom. The molecule has 0 aliphatic carbocycles. The maximum atomic E-state index is 11.7. The number of carboxylic acid groups (broad SMARTS) is 1. The summed E-state index contributed by atoms with van der Waals surface area (Å²) in [6.45, 7) is 0. The largest absolute Gasteiger partial charge is 0.481 e. The lowest BCUT2D eigenvalue weighted by atomic mass is 9.94. The van der Waals surface area contributed by atoms with Crippen molar-refractivity contribution in [3.05, 3.63) is 29.6 Å². The van der Waals surface area contributed by atoms with E-state index < -0.39 is 11.9 Å². The van der Waals surface area contributed by atoms with Gasteiger partial charge in [-0.3, -0.25) is 24.7 Å². The number of hydrogen-bond donors (Lipinski definition) is 2. The van der Waals surface area contributed by atoms with E-state index in [1.54, 1.807) is 18.2 Å². The van der Waals surface area contributed by atoms with Gasteiger partial charge in [0.1, 0.15) is 0 Å². The molecule has 2 rings (SSSR count). The Hall–Kier alpha value is -2.24. The zero-order valence-corrected chi connectivity index (χ0v) is 9.55. The predicted octanol–water partition coefficient (Wildman–Crippen LogP) is 0.229. The summed E-state index contributed by atoms with van der Waals surface area (Å²) in [6.07, 6.45) is 0.510. The maximum absolute atomic E-state index is 11.7. The lowest BCUT2D eigenvalue weighted by Gasteiger charge is -2.20. The first-order valence-electron chi connectivity index (χ1n) is 5.57. The summed E-state index contributed by atoms with van der Waals surface area (Å²) in [7, 11) is 0. The predicted molar refractivity (Wildman–Crippen MR) is 60.7 cm³/mol. The van der Waals surface area contributed by atoms with Crippen LogP contribution in [0, 0.1) is 0 Å². The van der Waals surface area contributed by atoms with Gasteiger partial charge in [-0.1, -0.05) is 6.07 Å². The van der Waals surface area contributed by atoms with Crippen LogP contribution in [0.3, 0.4) is 0 Å². The third kappa shape index (κ3) is 2.71. The van der Waals surface area contributed by atoms with E-state index >= 15 is 0 Å². The van der Waals surface area contributed by atoms with Crippen LogP contribution in [0.15, 0.2) is 18.2 Å². The molecular formula is C12H12N2O4. The summed E-state index contributed by atoms with van der Waals surface area (Å²) in [5, 5.41) is 10.9.